The molecule has 0 unspecified atom stereocenters. The molecule has 118 valence electrons. The first-order valence-electron chi connectivity index (χ1n) is 7.93. The van der Waals surface area contributed by atoms with Crippen molar-refractivity contribution in [1.29, 1.82) is 0 Å². The van der Waals surface area contributed by atoms with Gasteiger partial charge in [-0.25, -0.2) is 4.85 Å². The number of carboxylic acids is 1. The van der Waals surface area contributed by atoms with E-state index in [1.807, 2.05) is 12.1 Å². The van der Waals surface area contributed by atoms with Crippen LogP contribution in [0.3, 0.4) is 0 Å². The molecule has 1 aromatic rings. The van der Waals surface area contributed by atoms with E-state index in [1.54, 1.807) is 0 Å². The van der Waals surface area contributed by atoms with E-state index in [-0.39, 0.29) is 11.8 Å². The number of aliphatic carboxylic acids is 1. The van der Waals surface area contributed by atoms with E-state index in [2.05, 4.69) is 30.1 Å². The first-order chi connectivity index (χ1) is 10.5. The molecular formula is C18H24N2O2. The van der Waals surface area contributed by atoms with Crippen molar-refractivity contribution in [1.82, 2.24) is 5.32 Å². The zero-order valence-electron chi connectivity index (χ0n) is 13.3. The zero-order valence-corrected chi connectivity index (χ0v) is 13.3. The largest absolute Gasteiger partial charge is 0.481 e. The number of carboxylic acid groups (broad SMARTS) is 1. The minimum Gasteiger partial charge on any atom is -0.481 e. The molecule has 1 aromatic carbocycles. The summed E-state index contributed by atoms with van der Waals surface area (Å²) < 4.78 is 0. The van der Waals surface area contributed by atoms with Crippen molar-refractivity contribution < 1.29 is 9.90 Å². The molecule has 0 bridgehead atoms. The fraction of sp³-hybridized carbons (Fsp3) is 0.556. The van der Waals surface area contributed by atoms with Gasteiger partial charge >= 0.3 is 5.97 Å². The van der Waals surface area contributed by atoms with Gasteiger partial charge < -0.3 is 10.4 Å². The fourth-order valence-electron chi connectivity index (χ4n) is 3.24. The first-order valence-corrected chi connectivity index (χ1v) is 7.93. The molecule has 0 aliphatic carbocycles. The number of carbonyl (C=O) groups is 1. The number of benzene rings is 1. The quantitative estimate of drug-likeness (QED) is 0.793. The molecule has 2 N–H and O–H groups in total. The highest BCUT2D eigenvalue weighted by molar-refractivity contribution is 5.71. The third-order valence-electron chi connectivity index (χ3n) is 4.25. The van der Waals surface area contributed by atoms with Gasteiger partial charge in [0.25, 0.3) is 0 Å². The number of nitrogens with one attached hydrogen (secondary N) is 1. The first kappa shape index (κ1) is 16.5. The van der Waals surface area contributed by atoms with Gasteiger partial charge in [-0.2, -0.15) is 0 Å². The predicted octanol–water partition coefficient (Wildman–Crippen LogP) is 3.29. The molecule has 0 aromatic heterocycles. The van der Waals surface area contributed by atoms with Crippen molar-refractivity contribution >= 4 is 11.7 Å². The highest BCUT2D eigenvalue weighted by atomic mass is 16.4. The van der Waals surface area contributed by atoms with E-state index in [1.165, 1.54) is 0 Å². The monoisotopic (exact) mass is 300 g/mol. The normalized spacial score (nSPS) is 19.1. The van der Waals surface area contributed by atoms with Gasteiger partial charge in [-0.15, -0.1) is 0 Å². The van der Waals surface area contributed by atoms with E-state index in [0.717, 1.165) is 37.1 Å². The summed E-state index contributed by atoms with van der Waals surface area (Å²) in [5.74, 6) is -0.402. The second-order valence-electron chi connectivity index (χ2n) is 6.62. The third-order valence-corrected chi connectivity index (χ3v) is 4.25. The average molecular weight is 300 g/mol. The summed E-state index contributed by atoms with van der Waals surface area (Å²) in [6.07, 6.45) is 2.34. The molecule has 4 nitrogen and oxygen atoms in total. The lowest BCUT2D eigenvalue weighted by atomic mass is 9.85. The lowest BCUT2D eigenvalue weighted by Gasteiger charge is -2.19. The van der Waals surface area contributed by atoms with Crippen LogP contribution in [0.15, 0.2) is 18.2 Å². The Morgan fingerprint density at radius 3 is 2.55 bits per heavy atom. The zero-order chi connectivity index (χ0) is 16.1. The molecule has 1 aliphatic rings. The second kappa shape index (κ2) is 7.42. The maximum atomic E-state index is 11.6. The number of rotatable bonds is 6. The van der Waals surface area contributed by atoms with Crippen molar-refractivity contribution in [3.05, 3.63) is 40.7 Å². The average Bonchev–Trinajstić information content (AvgIpc) is 2.97. The third kappa shape index (κ3) is 4.32. The van der Waals surface area contributed by atoms with Gasteiger partial charge in [-0.1, -0.05) is 43.2 Å². The topological polar surface area (TPSA) is 53.7 Å². The summed E-state index contributed by atoms with van der Waals surface area (Å²) in [6.45, 7) is 13.2. The van der Waals surface area contributed by atoms with Gasteiger partial charge in [0.15, 0.2) is 5.69 Å². The molecule has 2 rings (SSSR count). The van der Waals surface area contributed by atoms with Gasteiger partial charge in [0.05, 0.1) is 12.5 Å². The van der Waals surface area contributed by atoms with Crippen LogP contribution in [0.25, 0.3) is 4.85 Å². The second-order valence-corrected chi connectivity index (χ2v) is 6.62. The Bertz CT molecular complexity index is 569. The smallest absolute Gasteiger partial charge is 0.307 e. The Morgan fingerprint density at radius 2 is 2.05 bits per heavy atom. The molecule has 1 aliphatic heterocycles. The lowest BCUT2D eigenvalue weighted by Crippen LogP contribution is -2.27. The molecule has 1 heterocycles. The van der Waals surface area contributed by atoms with Crippen molar-refractivity contribution in [2.45, 2.75) is 33.1 Å². The van der Waals surface area contributed by atoms with Crippen LogP contribution in [0.5, 0.6) is 0 Å². The van der Waals surface area contributed by atoms with E-state index in [0.29, 0.717) is 18.0 Å². The highest BCUT2D eigenvalue weighted by Gasteiger charge is 2.30. The van der Waals surface area contributed by atoms with Crippen molar-refractivity contribution in [3.63, 3.8) is 0 Å². The van der Waals surface area contributed by atoms with E-state index >= 15 is 0 Å². The Kier molecular flexibility index (Phi) is 5.57. The highest BCUT2D eigenvalue weighted by Crippen LogP contribution is 2.27. The molecule has 4 heteroatoms. The van der Waals surface area contributed by atoms with Crippen LogP contribution in [-0.4, -0.2) is 24.2 Å². The van der Waals surface area contributed by atoms with Crippen molar-refractivity contribution in [2.24, 2.45) is 17.8 Å². The summed E-state index contributed by atoms with van der Waals surface area (Å²) >= 11 is 0. The van der Waals surface area contributed by atoms with Gasteiger partial charge in [-0.05, 0) is 44.2 Å². The van der Waals surface area contributed by atoms with Crippen molar-refractivity contribution in [2.75, 3.05) is 13.1 Å². The Morgan fingerprint density at radius 1 is 1.36 bits per heavy atom. The lowest BCUT2D eigenvalue weighted by molar-refractivity contribution is -0.143. The molecule has 22 heavy (non-hydrogen) atoms. The van der Waals surface area contributed by atoms with Crippen LogP contribution < -0.4 is 5.32 Å². The Labute approximate surface area is 132 Å². The molecule has 0 saturated carbocycles. The minimum absolute atomic E-state index is 0.183. The van der Waals surface area contributed by atoms with Crippen LogP contribution in [0.1, 0.15) is 31.4 Å². The van der Waals surface area contributed by atoms with Crippen LogP contribution in [0.2, 0.25) is 0 Å². The van der Waals surface area contributed by atoms with E-state index in [4.69, 9.17) is 6.57 Å². The van der Waals surface area contributed by atoms with Crippen LogP contribution in [0.4, 0.5) is 5.69 Å². The van der Waals surface area contributed by atoms with Crippen LogP contribution in [0, 0.1) is 24.3 Å². The molecule has 2 atom stereocenters. The minimum atomic E-state index is -0.729. The van der Waals surface area contributed by atoms with Gasteiger partial charge in [-0.3, -0.25) is 4.79 Å². The molecule has 1 fully saturated rings. The molecule has 1 saturated heterocycles. The molecule has 0 spiro atoms. The predicted molar refractivity (Wildman–Crippen MR) is 87.1 cm³/mol. The summed E-state index contributed by atoms with van der Waals surface area (Å²) in [5.41, 5.74) is 2.72. The SMILES string of the molecule is [C-]#[N+]c1cc(CC(C)C)cc(C[C@H](C(=O)O)[C@H]2CCNC2)c1. The van der Waals surface area contributed by atoms with Gasteiger partial charge in [0.1, 0.15) is 0 Å². The Balaban J connectivity index is 2.22. The molecule has 0 radical (unpaired) electrons. The summed E-state index contributed by atoms with van der Waals surface area (Å²) in [7, 11) is 0. The molecule has 0 amide bonds. The standard InChI is InChI=1S/C18H24N2O2/c1-12(2)6-13-7-14(9-16(8-13)19-3)10-17(18(21)22)15-4-5-20-11-15/h7-9,12,15,17,20H,4-6,10-11H2,1-2H3,(H,21,22)/t15-,17-/m0/s1. The number of nitrogens with zero attached hydrogens (tertiary/aromatic N) is 1. The Hall–Kier alpha value is -1.86. The number of hydrogen-bond donors (Lipinski definition) is 2. The summed E-state index contributed by atoms with van der Waals surface area (Å²) in [5, 5.41) is 12.8. The van der Waals surface area contributed by atoms with Crippen LogP contribution >= 0.6 is 0 Å². The van der Waals surface area contributed by atoms with Crippen molar-refractivity contribution in [3.8, 4) is 0 Å². The molecular weight excluding hydrogens is 276 g/mol. The number of hydrogen-bond acceptors (Lipinski definition) is 2. The summed E-state index contributed by atoms with van der Waals surface area (Å²) in [4.78, 5) is 15.2. The van der Waals surface area contributed by atoms with E-state index in [9.17, 15) is 9.90 Å². The maximum absolute atomic E-state index is 11.6. The van der Waals surface area contributed by atoms with Gasteiger partial charge in [0, 0.05) is 0 Å². The van der Waals surface area contributed by atoms with Gasteiger partial charge in [0.2, 0.25) is 0 Å². The fourth-order valence-corrected chi connectivity index (χ4v) is 3.24. The van der Waals surface area contributed by atoms with Crippen LogP contribution in [-0.2, 0) is 17.6 Å². The maximum Gasteiger partial charge on any atom is 0.307 e. The van der Waals surface area contributed by atoms with E-state index < -0.39 is 5.97 Å². The summed E-state index contributed by atoms with van der Waals surface area (Å²) in [6, 6.07) is 5.84.